The van der Waals surface area contributed by atoms with Gasteiger partial charge in [-0.2, -0.15) is 0 Å². The normalized spacial score (nSPS) is 22.7. The fourth-order valence-corrected chi connectivity index (χ4v) is 3.34. The molecule has 0 unspecified atom stereocenters. The lowest BCUT2D eigenvalue weighted by Gasteiger charge is -2.22. The lowest BCUT2D eigenvalue weighted by molar-refractivity contribution is 0.0167. The van der Waals surface area contributed by atoms with Crippen LogP contribution in [0.2, 0.25) is 0 Å². The van der Waals surface area contributed by atoms with Crippen LogP contribution in [0.15, 0.2) is 0 Å². The first-order valence-corrected chi connectivity index (χ1v) is 8.68. The van der Waals surface area contributed by atoms with Crippen molar-refractivity contribution in [1.82, 2.24) is 0 Å². The summed E-state index contributed by atoms with van der Waals surface area (Å²) in [6.45, 7) is 1.93. The molecular formula is C17H32O2. The van der Waals surface area contributed by atoms with Crippen molar-refractivity contribution in [3.8, 4) is 0 Å². The third kappa shape index (κ3) is 6.76. The van der Waals surface area contributed by atoms with Gasteiger partial charge in [-0.25, -0.2) is 0 Å². The lowest BCUT2D eigenvalue weighted by atomic mass is 9.98. The highest BCUT2D eigenvalue weighted by Gasteiger charge is 2.14. The molecule has 0 aromatic rings. The van der Waals surface area contributed by atoms with Gasteiger partial charge in [0.15, 0.2) is 0 Å². The van der Waals surface area contributed by atoms with E-state index in [1.807, 2.05) is 0 Å². The van der Waals surface area contributed by atoms with Gasteiger partial charge in [-0.15, -0.1) is 0 Å². The van der Waals surface area contributed by atoms with E-state index < -0.39 is 0 Å². The molecule has 2 saturated carbocycles. The average molecular weight is 268 g/mol. The van der Waals surface area contributed by atoms with Crippen molar-refractivity contribution < 1.29 is 9.47 Å². The number of unbranched alkanes of at least 4 members (excludes halogenated alkanes) is 2. The van der Waals surface area contributed by atoms with Crippen LogP contribution in [0, 0.1) is 0 Å². The van der Waals surface area contributed by atoms with E-state index in [2.05, 4.69) is 0 Å². The van der Waals surface area contributed by atoms with E-state index in [4.69, 9.17) is 9.47 Å². The second kappa shape index (κ2) is 9.77. The molecule has 2 fully saturated rings. The monoisotopic (exact) mass is 268 g/mol. The maximum absolute atomic E-state index is 5.94. The van der Waals surface area contributed by atoms with Crippen LogP contribution >= 0.6 is 0 Å². The molecule has 2 aliphatic rings. The van der Waals surface area contributed by atoms with Crippen molar-refractivity contribution in [3.05, 3.63) is 0 Å². The summed E-state index contributed by atoms with van der Waals surface area (Å²) >= 11 is 0. The van der Waals surface area contributed by atoms with E-state index in [1.54, 1.807) is 0 Å². The second-order valence-electron chi connectivity index (χ2n) is 6.32. The van der Waals surface area contributed by atoms with Gasteiger partial charge >= 0.3 is 0 Å². The third-order valence-electron chi connectivity index (χ3n) is 4.60. The average Bonchev–Trinajstić information content (AvgIpc) is 2.48. The zero-order chi connectivity index (χ0) is 13.2. The van der Waals surface area contributed by atoms with E-state index in [1.165, 1.54) is 83.5 Å². The summed E-state index contributed by atoms with van der Waals surface area (Å²) in [5.41, 5.74) is 0. The molecule has 0 amide bonds. The van der Waals surface area contributed by atoms with Gasteiger partial charge in [0.05, 0.1) is 12.2 Å². The van der Waals surface area contributed by atoms with Crippen molar-refractivity contribution in [2.75, 3.05) is 13.2 Å². The largest absolute Gasteiger partial charge is 0.378 e. The van der Waals surface area contributed by atoms with E-state index in [0.29, 0.717) is 12.2 Å². The summed E-state index contributed by atoms with van der Waals surface area (Å²) in [6.07, 6.45) is 18.4. The SMILES string of the molecule is C(CCOC1CCCCC1)CCOC1CCCCC1. The third-order valence-corrected chi connectivity index (χ3v) is 4.60. The van der Waals surface area contributed by atoms with Crippen LogP contribution in [0.5, 0.6) is 0 Å². The lowest BCUT2D eigenvalue weighted by Crippen LogP contribution is -2.18. The van der Waals surface area contributed by atoms with Crippen LogP contribution in [-0.4, -0.2) is 25.4 Å². The van der Waals surface area contributed by atoms with Crippen molar-refractivity contribution in [1.29, 1.82) is 0 Å². The molecule has 0 aromatic heterocycles. The number of rotatable bonds is 8. The van der Waals surface area contributed by atoms with Gasteiger partial charge in [0.2, 0.25) is 0 Å². The van der Waals surface area contributed by atoms with Gasteiger partial charge in [0, 0.05) is 13.2 Å². The van der Waals surface area contributed by atoms with Gasteiger partial charge in [-0.05, 0) is 44.9 Å². The van der Waals surface area contributed by atoms with Crippen molar-refractivity contribution in [2.45, 2.75) is 95.7 Å². The van der Waals surface area contributed by atoms with Crippen LogP contribution in [0.4, 0.5) is 0 Å². The van der Waals surface area contributed by atoms with Crippen LogP contribution in [0.1, 0.15) is 83.5 Å². The van der Waals surface area contributed by atoms with Crippen LogP contribution < -0.4 is 0 Å². The van der Waals surface area contributed by atoms with Crippen LogP contribution in [0.25, 0.3) is 0 Å². The first kappa shape index (κ1) is 15.3. The summed E-state index contributed by atoms with van der Waals surface area (Å²) in [5, 5.41) is 0. The summed E-state index contributed by atoms with van der Waals surface area (Å²) in [6, 6.07) is 0. The maximum Gasteiger partial charge on any atom is 0.0575 e. The molecule has 0 N–H and O–H groups in total. The highest BCUT2D eigenvalue weighted by molar-refractivity contribution is 4.66. The molecule has 2 heteroatoms. The zero-order valence-electron chi connectivity index (χ0n) is 12.6. The molecule has 2 aliphatic carbocycles. The molecule has 2 nitrogen and oxygen atoms in total. The predicted octanol–water partition coefficient (Wildman–Crippen LogP) is 4.86. The topological polar surface area (TPSA) is 18.5 Å². The molecule has 19 heavy (non-hydrogen) atoms. The van der Waals surface area contributed by atoms with Gasteiger partial charge < -0.3 is 9.47 Å². The maximum atomic E-state index is 5.94. The Labute approximate surface area is 119 Å². The molecule has 0 aromatic carbocycles. The molecule has 0 radical (unpaired) electrons. The molecule has 0 spiro atoms. The van der Waals surface area contributed by atoms with E-state index in [0.717, 1.165) is 13.2 Å². The first-order valence-electron chi connectivity index (χ1n) is 8.68. The molecule has 0 heterocycles. The van der Waals surface area contributed by atoms with Gasteiger partial charge in [0.1, 0.15) is 0 Å². The fourth-order valence-electron chi connectivity index (χ4n) is 3.34. The molecule has 2 rings (SSSR count). The minimum absolute atomic E-state index is 0.576. The molecular weight excluding hydrogens is 236 g/mol. The predicted molar refractivity (Wildman–Crippen MR) is 79.5 cm³/mol. The smallest absolute Gasteiger partial charge is 0.0575 e. The number of hydrogen-bond acceptors (Lipinski definition) is 2. The Morgan fingerprint density at radius 3 is 1.37 bits per heavy atom. The van der Waals surface area contributed by atoms with Gasteiger partial charge in [-0.3, -0.25) is 0 Å². The van der Waals surface area contributed by atoms with Crippen molar-refractivity contribution in [2.24, 2.45) is 0 Å². The second-order valence-corrected chi connectivity index (χ2v) is 6.32. The zero-order valence-corrected chi connectivity index (χ0v) is 12.6. The van der Waals surface area contributed by atoms with Crippen molar-refractivity contribution in [3.63, 3.8) is 0 Å². The Bertz CT molecular complexity index is 183. The Kier molecular flexibility index (Phi) is 7.87. The van der Waals surface area contributed by atoms with Crippen LogP contribution in [0.3, 0.4) is 0 Å². The summed E-state index contributed by atoms with van der Waals surface area (Å²) < 4.78 is 11.9. The van der Waals surface area contributed by atoms with E-state index in [9.17, 15) is 0 Å². The Morgan fingerprint density at radius 1 is 0.526 bits per heavy atom. The molecule has 0 saturated heterocycles. The molecule has 0 atom stereocenters. The standard InChI is InChI=1S/C17H32O2/c1-4-10-16(11-5-1)18-14-8-3-9-15-19-17-12-6-2-7-13-17/h16-17H,1-15H2. The van der Waals surface area contributed by atoms with E-state index >= 15 is 0 Å². The molecule has 112 valence electrons. The Hall–Kier alpha value is -0.0800. The number of ether oxygens (including phenoxy) is 2. The Balaban J connectivity index is 1.35. The minimum atomic E-state index is 0.576. The quantitative estimate of drug-likeness (QED) is 0.586. The summed E-state index contributed by atoms with van der Waals surface area (Å²) in [5.74, 6) is 0. The van der Waals surface area contributed by atoms with Gasteiger partial charge in [0.25, 0.3) is 0 Å². The molecule has 0 bridgehead atoms. The highest BCUT2D eigenvalue weighted by atomic mass is 16.5. The van der Waals surface area contributed by atoms with Crippen LogP contribution in [-0.2, 0) is 9.47 Å². The fraction of sp³-hybridized carbons (Fsp3) is 1.00. The Morgan fingerprint density at radius 2 is 0.947 bits per heavy atom. The first-order chi connectivity index (χ1) is 9.45. The number of hydrogen-bond donors (Lipinski definition) is 0. The minimum Gasteiger partial charge on any atom is -0.378 e. The van der Waals surface area contributed by atoms with Crippen molar-refractivity contribution >= 4 is 0 Å². The molecule has 0 aliphatic heterocycles. The summed E-state index contributed by atoms with van der Waals surface area (Å²) in [7, 11) is 0. The highest BCUT2D eigenvalue weighted by Crippen LogP contribution is 2.21. The van der Waals surface area contributed by atoms with Gasteiger partial charge in [-0.1, -0.05) is 38.5 Å². The van der Waals surface area contributed by atoms with E-state index in [-0.39, 0.29) is 0 Å². The summed E-state index contributed by atoms with van der Waals surface area (Å²) in [4.78, 5) is 0.